The number of amides is 1. The van der Waals surface area contributed by atoms with Crippen LogP contribution in [0.1, 0.15) is 35.7 Å². The molecule has 2 N–H and O–H groups in total. The number of aromatic nitrogens is 1. The van der Waals surface area contributed by atoms with Gasteiger partial charge in [0.25, 0.3) is 0 Å². The number of carboxylic acid groups (broad SMARTS) is 1. The number of piperidine rings is 1. The van der Waals surface area contributed by atoms with Crippen molar-refractivity contribution in [1.29, 1.82) is 0 Å². The molecule has 1 atom stereocenters. The van der Waals surface area contributed by atoms with Gasteiger partial charge in [-0.3, -0.25) is 4.98 Å². The molecule has 0 aliphatic carbocycles. The minimum absolute atomic E-state index is 0.0845. The van der Waals surface area contributed by atoms with Gasteiger partial charge >= 0.3 is 6.09 Å². The number of halogens is 1. The Balaban J connectivity index is 1.36. The second kappa shape index (κ2) is 10.7. The molecule has 1 amide bonds. The number of aryl methyl sites for hydroxylation is 1. The number of benzene rings is 2. The van der Waals surface area contributed by atoms with Gasteiger partial charge in [0, 0.05) is 24.2 Å². The average Bonchev–Trinajstić information content (AvgIpc) is 2.82. The maximum absolute atomic E-state index is 13.3. The zero-order chi connectivity index (χ0) is 25.0. The molecule has 0 bridgehead atoms. The van der Waals surface area contributed by atoms with Gasteiger partial charge in [-0.2, -0.15) is 0 Å². The molecule has 35 heavy (non-hydrogen) atoms. The Labute approximate surface area is 203 Å². The van der Waals surface area contributed by atoms with E-state index >= 15 is 0 Å². The van der Waals surface area contributed by atoms with Crippen LogP contribution in [-0.2, 0) is 21.4 Å². The third kappa shape index (κ3) is 6.33. The van der Waals surface area contributed by atoms with Crippen molar-refractivity contribution in [1.82, 2.24) is 14.6 Å². The quantitative estimate of drug-likeness (QED) is 0.483. The first-order valence-electron chi connectivity index (χ1n) is 11.4. The number of nitrogens with zero attached hydrogens (tertiary/aromatic N) is 2. The van der Waals surface area contributed by atoms with Crippen molar-refractivity contribution < 1.29 is 27.4 Å². The predicted octanol–water partition coefficient (Wildman–Crippen LogP) is 4.00. The molecule has 8 nitrogen and oxygen atoms in total. The van der Waals surface area contributed by atoms with Gasteiger partial charge in [-0.25, -0.2) is 21.9 Å². The van der Waals surface area contributed by atoms with E-state index in [4.69, 9.17) is 9.84 Å². The third-order valence-electron chi connectivity index (χ3n) is 6.15. The largest absolute Gasteiger partial charge is 0.465 e. The van der Waals surface area contributed by atoms with Gasteiger partial charge in [-0.1, -0.05) is 30.3 Å². The van der Waals surface area contributed by atoms with Gasteiger partial charge in [0.15, 0.2) is 0 Å². The number of nitrogens with one attached hydrogen (secondary N) is 1. The molecule has 0 saturated carbocycles. The van der Waals surface area contributed by atoms with E-state index in [9.17, 15) is 17.6 Å². The van der Waals surface area contributed by atoms with Gasteiger partial charge in [0.1, 0.15) is 5.82 Å². The van der Waals surface area contributed by atoms with Gasteiger partial charge in [0.2, 0.25) is 10.0 Å². The highest BCUT2D eigenvalue weighted by molar-refractivity contribution is 7.89. The van der Waals surface area contributed by atoms with Crippen molar-refractivity contribution >= 4 is 27.0 Å². The molecule has 1 fully saturated rings. The molecular formula is C25H28FN3O5S. The highest BCUT2D eigenvalue weighted by Gasteiger charge is 2.32. The monoisotopic (exact) mass is 501 g/mol. The van der Waals surface area contributed by atoms with Gasteiger partial charge in [-0.05, 0) is 55.2 Å². The molecule has 1 aromatic heterocycles. The van der Waals surface area contributed by atoms with Crippen molar-refractivity contribution in [2.45, 2.75) is 38.5 Å². The SMILES string of the molecule is Cc1cc(COC2CCN(S(=O)(=O)CC(NC(=O)O)c3ccc(F)cc3)CC2)c2ccccc2n1. The Morgan fingerprint density at radius 2 is 1.89 bits per heavy atom. The van der Waals surface area contributed by atoms with Gasteiger partial charge in [0.05, 0.1) is 30.0 Å². The highest BCUT2D eigenvalue weighted by Crippen LogP contribution is 2.24. The number of pyridine rings is 1. The number of fused-ring (bicyclic) bond motifs is 1. The summed E-state index contributed by atoms with van der Waals surface area (Å²) in [6, 6.07) is 14.0. The second-order valence-corrected chi connectivity index (χ2v) is 10.7. The first-order chi connectivity index (χ1) is 16.7. The van der Waals surface area contributed by atoms with E-state index in [-0.39, 0.29) is 19.2 Å². The number of hydrogen-bond donors (Lipinski definition) is 2. The van der Waals surface area contributed by atoms with Crippen molar-refractivity contribution in [2.75, 3.05) is 18.8 Å². The zero-order valence-electron chi connectivity index (χ0n) is 19.4. The predicted molar refractivity (Wildman–Crippen MR) is 130 cm³/mol. The summed E-state index contributed by atoms with van der Waals surface area (Å²) in [5.41, 5.74) is 3.26. The maximum atomic E-state index is 13.3. The fourth-order valence-corrected chi connectivity index (χ4v) is 6.06. The van der Waals surface area contributed by atoms with E-state index in [0.29, 0.717) is 25.0 Å². The molecule has 2 heterocycles. The summed E-state index contributed by atoms with van der Waals surface area (Å²) in [6.45, 7) is 2.92. The first-order valence-corrected chi connectivity index (χ1v) is 13.0. The minimum Gasteiger partial charge on any atom is -0.465 e. The number of ether oxygens (including phenoxy) is 1. The number of rotatable bonds is 8. The van der Waals surface area contributed by atoms with Crippen molar-refractivity contribution in [3.8, 4) is 0 Å². The molecule has 1 aliphatic rings. The highest BCUT2D eigenvalue weighted by atomic mass is 32.2. The summed E-state index contributed by atoms with van der Waals surface area (Å²) >= 11 is 0. The van der Waals surface area contributed by atoms with Crippen LogP contribution in [0, 0.1) is 12.7 Å². The van der Waals surface area contributed by atoms with Crippen LogP contribution in [0.2, 0.25) is 0 Å². The molecule has 2 aromatic carbocycles. The Morgan fingerprint density at radius 3 is 2.57 bits per heavy atom. The summed E-state index contributed by atoms with van der Waals surface area (Å²) in [5, 5.41) is 12.4. The van der Waals surface area contributed by atoms with Crippen LogP contribution in [0.5, 0.6) is 0 Å². The molecule has 3 aromatic rings. The lowest BCUT2D eigenvalue weighted by atomic mass is 10.1. The van der Waals surface area contributed by atoms with Crippen LogP contribution >= 0.6 is 0 Å². The standard InChI is InChI=1S/C25H28FN3O5S/c1-17-14-19(22-4-2-3-5-23(22)27-17)15-34-21-10-12-29(13-11-21)35(32,33)16-24(28-25(30)31)18-6-8-20(26)9-7-18/h2-9,14,21,24,28H,10-13,15-16H2,1H3,(H,30,31). The van der Waals surface area contributed by atoms with Crippen molar-refractivity contribution in [2.24, 2.45) is 0 Å². The van der Waals surface area contributed by atoms with Crippen LogP contribution in [0.4, 0.5) is 9.18 Å². The molecule has 1 unspecified atom stereocenters. The Morgan fingerprint density at radius 1 is 1.20 bits per heavy atom. The lowest BCUT2D eigenvalue weighted by Crippen LogP contribution is -2.44. The molecule has 0 radical (unpaired) electrons. The topological polar surface area (TPSA) is 109 Å². The summed E-state index contributed by atoms with van der Waals surface area (Å²) < 4.78 is 46.9. The lowest BCUT2D eigenvalue weighted by molar-refractivity contribution is 0.0107. The third-order valence-corrected chi connectivity index (χ3v) is 8.05. The molecule has 1 saturated heterocycles. The van der Waals surface area contributed by atoms with Crippen LogP contribution in [0.3, 0.4) is 0 Å². The number of para-hydroxylation sites is 1. The number of sulfonamides is 1. The molecular weight excluding hydrogens is 473 g/mol. The maximum Gasteiger partial charge on any atom is 0.405 e. The molecule has 0 spiro atoms. The van der Waals surface area contributed by atoms with Crippen LogP contribution in [0.15, 0.2) is 54.6 Å². The second-order valence-electron chi connectivity index (χ2n) is 8.68. The van der Waals surface area contributed by atoms with E-state index in [1.54, 1.807) is 0 Å². The minimum atomic E-state index is -3.76. The van der Waals surface area contributed by atoms with E-state index in [1.165, 1.54) is 28.6 Å². The van der Waals surface area contributed by atoms with E-state index in [2.05, 4.69) is 10.3 Å². The van der Waals surface area contributed by atoms with E-state index in [1.807, 2.05) is 37.3 Å². The summed E-state index contributed by atoms with van der Waals surface area (Å²) in [6.07, 6.45) is -0.358. The average molecular weight is 502 g/mol. The van der Waals surface area contributed by atoms with E-state index < -0.39 is 33.7 Å². The summed E-state index contributed by atoms with van der Waals surface area (Å²) in [5.74, 6) is -0.929. The molecule has 186 valence electrons. The van der Waals surface area contributed by atoms with E-state index in [0.717, 1.165) is 22.2 Å². The number of carbonyl (C=O) groups is 1. The molecule has 10 heteroatoms. The van der Waals surface area contributed by atoms with Gasteiger partial charge in [-0.15, -0.1) is 0 Å². The van der Waals surface area contributed by atoms with Crippen LogP contribution < -0.4 is 5.32 Å². The fraction of sp³-hybridized carbons (Fsp3) is 0.360. The molecule has 4 rings (SSSR count). The summed E-state index contributed by atoms with van der Waals surface area (Å²) in [7, 11) is -3.76. The zero-order valence-corrected chi connectivity index (χ0v) is 20.2. The normalized spacial score (nSPS) is 16.3. The smallest absolute Gasteiger partial charge is 0.405 e. The Hall–Kier alpha value is -3.08. The molecule has 1 aliphatic heterocycles. The van der Waals surface area contributed by atoms with Crippen LogP contribution in [-0.4, -0.2) is 53.9 Å². The van der Waals surface area contributed by atoms with Crippen molar-refractivity contribution in [3.05, 3.63) is 77.2 Å². The lowest BCUT2D eigenvalue weighted by Gasteiger charge is -2.32. The Bertz CT molecular complexity index is 1290. The number of hydrogen-bond acceptors (Lipinski definition) is 5. The van der Waals surface area contributed by atoms with Crippen LogP contribution in [0.25, 0.3) is 10.9 Å². The fourth-order valence-electron chi connectivity index (χ4n) is 4.38. The Kier molecular flexibility index (Phi) is 7.63. The van der Waals surface area contributed by atoms with Crippen molar-refractivity contribution in [3.63, 3.8) is 0 Å². The van der Waals surface area contributed by atoms with Gasteiger partial charge < -0.3 is 15.2 Å². The summed E-state index contributed by atoms with van der Waals surface area (Å²) in [4.78, 5) is 15.8. The first kappa shape index (κ1) is 25.0.